The van der Waals surface area contributed by atoms with Crippen LogP contribution in [-0.2, 0) is 6.54 Å². The molecule has 4 heteroatoms. The fourth-order valence-electron chi connectivity index (χ4n) is 1.72. The molecule has 2 rings (SSSR count). The molecule has 0 amide bonds. The van der Waals surface area contributed by atoms with Crippen molar-refractivity contribution in [3.05, 3.63) is 58.3 Å². The first-order valence-corrected chi connectivity index (χ1v) is 7.29. The van der Waals surface area contributed by atoms with Gasteiger partial charge in [-0.25, -0.2) is 4.39 Å². The summed E-state index contributed by atoms with van der Waals surface area (Å²) in [5, 5.41) is 3.36. The van der Waals surface area contributed by atoms with Crippen molar-refractivity contribution in [2.45, 2.75) is 26.4 Å². The summed E-state index contributed by atoms with van der Waals surface area (Å²) in [5.74, 6) is 1.05. The van der Waals surface area contributed by atoms with Gasteiger partial charge in [-0.2, -0.15) is 0 Å². The van der Waals surface area contributed by atoms with Gasteiger partial charge in [0.25, 0.3) is 0 Å². The monoisotopic (exact) mass is 337 g/mol. The second-order valence-electron chi connectivity index (χ2n) is 4.86. The van der Waals surface area contributed by atoms with E-state index in [-0.39, 0.29) is 5.82 Å². The Balaban J connectivity index is 2.08. The lowest BCUT2D eigenvalue weighted by atomic mass is 10.2. The van der Waals surface area contributed by atoms with Crippen molar-refractivity contribution in [1.82, 2.24) is 5.32 Å². The Hall–Kier alpha value is -1.39. The first-order chi connectivity index (χ1) is 9.54. The minimum atomic E-state index is -0.299. The Morgan fingerprint density at radius 3 is 2.60 bits per heavy atom. The van der Waals surface area contributed by atoms with Gasteiger partial charge in [-0.15, -0.1) is 0 Å². The number of ether oxygens (including phenoxy) is 1. The molecule has 0 spiro atoms. The van der Waals surface area contributed by atoms with E-state index in [4.69, 9.17) is 4.74 Å². The molecule has 0 radical (unpaired) electrons. The van der Waals surface area contributed by atoms with Gasteiger partial charge in [-0.1, -0.05) is 26.0 Å². The maximum absolute atomic E-state index is 13.2. The van der Waals surface area contributed by atoms with Crippen molar-refractivity contribution in [2.24, 2.45) is 0 Å². The number of nitrogens with one attached hydrogen (secondary N) is 1. The number of hydrogen-bond donors (Lipinski definition) is 1. The zero-order chi connectivity index (χ0) is 14.5. The van der Waals surface area contributed by atoms with E-state index in [1.165, 1.54) is 6.07 Å². The van der Waals surface area contributed by atoms with E-state index in [0.717, 1.165) is 17.9 Å². The molecule has 0 saturated heterocycles. The van der Waals surface area contributed by atoms with Crippen molar-refractivity contribution in [3.8, 4) is 11.5 Å². The Bertz CT molecular complexity index is 586. The molecule has 0 aliphatic rings. The molecular formula is C16H17BrFNO. The number of halogens is 2. The van der Waals surface area contributed by atoms with Gasteiger partial charge in [-0.3, -0.25) is 0 Å². The lowest BCUT2D eigenvalue weighted by Crippen LogP contribution is -2.21. The summed E-state index contributed by atoms with van der Waals surface area (Å²) >= 11 is 3.15. The highest BCUT2D eigenvalue weighted by molar-refractivity contribution is 9.10. The minimum absolute atomic E-state index is 0.299. The van der Waals surface area contributed by atoms with Gasteiger partial charge in [0, 0.05) is 12.6 Å². The van der Waals surface area contributed by atoms with Crippen LogP contribution in [-0.4, -0.2) is 6.04 Å². The van der Waals surface area contributed by atoms with Crippen LogP contribution in [0.4, 0.5) is 4.39 Å². The van der Waals surface area contributed by atoms with Gasteiger partial charge in [-0.05, 0) is 51.8 Å². The highest BCUT2D eigenvalue weighted by Gasteiger charge is 2.03. The predicted molar refractivity (Wildman–Crippen MR) is 82.6 cm³/mol. The zero-order valence-corrected chi connectivity index (χ0v) is 13.1. The number of hydrogen-bond acceptors (Lipinski definition) is 2. The Labute approximate surface area is 127 Å². The van der Waals surface area contributed by atoms with Crippen LogP contribution in [0.15, 0.2) is 46.9 Å². The average molecular weight is 338 g/mol. The van der Waals surface area contributed by atoms with Crippen LogP contribution in [0.1, 0.15) is 19.4 Å². The second-order valence-corrected chi connectivity index (χ2v) is 5.72. The van der Waals surface area contributed by atoms with Crippen LogP contribution in [0.25, 0.3) is 0 Å². The largest absolute Gasteiger partial charge is 0.457 e. The molecule has 0 saturated carbocycles. The summed E-state index contributed by atoms with van der Waals surface area (Å²) in [6, 6.07) is 12.9. The molecule has 106 valence electrons. The molecule has 0 bridgehead atoms. The van der Waals surface area contributed by atoms with Gasteiger partial charge in [0.1, 0.15) is 17.3 Å². The third-order valence-electron chi connectivity index (χ3n) is 2.74. The van der Waals surface area contributed by atoms with Gasteiger partial charge in [0.15, 0.2) is 0 Å². The summed E-state index contributed by atoms with van der Waals surface area (Å²) < 4.78 is 19.3. The van der Waals surface area contributed by atoms with E-state index >= 15 is 0 Å². The van der Waals surface area contributed by atoms with Crippen molar-refractivity contribution in [1.29, 1.82) is 0 Å². The fourth-order valence-corrected chi connectivity index (χ4v) is 2.08. The molecule has 2 aromatic rings. The Morgan fingerprint density at radius 1 is 1.15 bits per heavy atom. The highest BCUT2D eigenvalue weighted by Crippen LogP contribution is 2.26. The molecule has 2 nitrogen and oxygen atoms in total. The number of benzene rings is 2. The molecule has 0 atom stereocenters. The smallest absolute Gasteiger partial charge is 0.137 e. The summed E-state index contributed by atoms with van der Waals surface area (Å²) in [4.78, 5) is 0. The van der Waals surface area contributed by atoms with E-state index in [1.54, 1.807) is 12.1 Å². The number of rotatable bonds is 5. The molecule has 1 N–H and O–H groups in total. The molecule has 0 aliphatic carbocycles. The molecule has 0 fully saturated rings. The van der Waals surface area contributed by atoms with Crippen LogP contribution in [0.3, 0.4) is 0 Å². The van der Waals surface area contributed by atoms with Crippen LogP contribution in [0, 0.1) is 5.82 Å². The average Bonchev–Trinajstić information content (AvgIpc) is 2.41. The summed E-state index contributed by atoms with van der Waals surface area (Å²) in [6.07, 6.45) is 0. The van der Waals surface area contributed by atoms with Gasteiger partial charge >= 0.3 is 0 Å². The van der Waals surface area contributed by atoms with E-state index in [9.17, 15) is 4.39 Å². The molecule has 0 unspecified atom stereocenters. The van der Waals surface area contributed by atoms with Gasteiger partial charge in [0.05, 0.1) is 4.47 Å². The predicted octanol–water partition coefficient (Wildman–Crippen LogP) is 4.88. The standard InChI is InChI=1S/C16H17BrFNO/c1-11(2)19-10-12-4-3-5-13(8-12)20-14-6-7-16(18)15(17)9-14/h3-9,11,19H,10H2,1-2H3. The normalized spacial score (nSPS) is 10.8. The third kappa shape index (κ3) is 4.32. The van der Waals surface area contributed by atoms with E-state index < -0.39 is 0 Å². The van der Waals surface area contributed by atoms with E-state index in [0.29, 0.717) is 16.3 Å². The van der Waals surface area contributed by atoms with Crippen molar-refractivity contribution in [3.63, 3.8) is 0 Å². The quantitative estimate of drug-likeness (QED) is 0.839. The van der Waals surface area contributed by atoms with Gasteiger partial charge in [0.2, 0.25) is 0 Å². The van der Waals surface area contributed by atoms with Crippen LogP contribution >= 0.6 is 15.9 Å². The first-order valence-electron chi connectivity index (χ1n) is 6.50. The summed E-state index contributed by atoms with van der Waals surface area (Å²) in [7, 11) is 0. The first kappa shape index (κ1) is 15.0. The van der Waals surface area contributed by atoms with Crippen molar-refractivity contribution in [2.75, 3.05) is 0 Å². The van der Waals surface area contributed by atoms with E-state index in [2.05, 4.69) is 35.1 Å². The van der Waals surface area contributed by atoms with Crippen LogP contribution < -0.4 is 10.1 Å². The molecule has 0 aromatic heterocycles. The topological polar surface area (TPSA) is 21.3 Å². The van der Waals surface area contributed by atoms with Crippen molar-refractivity contribution < 1.29 is 9.13 Å². The third-order valence-corrected chi connectivity index (χ3v) is 3.35. The SMILES string of the molecule is CC(C)NCc1cccc(Oc2ccc(F)c(Br)c2)c1. The molecule has 0 heterocycles. The van der Waals surface area contributed by atoms with Crippen LogP contribution in [0.2, 0.25) is 0 Å². The Kier molecular flexibility index (Phi) is 5.15. The summed E-state index contributed by atoms with van der Waals surface area (Å²) in [5.41, 5.74) is 1.15. The fraction of sp³-hybridized carbons (Fsp3) is 0.250. The molecule has 20 heavy (non-hydrogen) atoms. The summed E-state index contributed by atoms with van der Waals surface area (Å²) in [6.45, 7) is 5.01. The van der Waals surface area contributed by atoms with E-state index in [1.807, 2.05) is 24.3 Å². The lowest BCUT2D eigenvalue weighted by molar-refractivity contribution is 0.478. The Morgan fingerprint density at radius 2 is 1.90 bits per heavy atom. The maximum atomic E-state index is 13.2. The maximum Gasteiger partial charge on any atom is 0.137 e. The van der Waals surface area contributed by atoms with Crippen molar-refractivity contribution >= 4 is 15.9 Å². The minimum Gasteiger partial charge on any atom is -0.457 e. The lowest BCUT2D eigenvalue weighted by Gasteiger charge is -2.10. The second kappa shape index (κ2) is 6.86. The van der Waals surface area contributed by atoms with Crippen LogP contribution in [0.5, 0.6) is 11.5 Å². The highest BCUT2D eigenvalue weighted by atomic mass is 79.9. The van der Waals surface area contributed by atoms with Gasteiger partial charge < -0.3 is 10.1 Å². The molecule has 0 aliphatic heterocycles. The zero-order valence-electron chi connectivity index (χ0n) is 11.5. The molecular weight excluding hydrogens is 321 g/mol. The molecule has 2 aromatic carbocycles.